The molecule has 0 amide bonds. The highest BCUT2D eigenvalue weighted by Gasteiger charge is 2.62. The summed E-state index contributed by atoms with van der Waals surface area (Å²) in [5, 5.41) is 3.14. The number of hydrogen-bond donors (Lipinski definition) is 0. The fourth-order valence-corrected chi connectivity index (χ4v) is 1.86. The molecule has 0 spiro atoms. The predicted molar refractivity (Wildman–Crippen MR) is 41.6 cm³/mol. The summed E-state index contributed by atoms with van der Waals surface area (Å²) in [6, 6.07) is 0. The van der Waals surface area contributed by atoms with Crippen LogP contribution in [0, 0.1) is 10.7 Å². The molecule has 0 aromatic rings. The van der Waals surface area contributed by atoms with Crippen LogP contribution >= 0.6 is 23.5 Å². The Morgan fingerprint density at radius 3 is 1.62 bits per heavy atom. The van der Waals surface area contributed by atoms with Crippen LogP contribution in [-0.4, -0.2) is 22.2 Å². The lowest BCUT2D eigenvalue weighted by Crippen LogP contribution is -2.37. The minimum atomic E-state index is -6.10. The first-order valence-corrected chi connectivity index (χ1v) is 4.91. The van der Waals surface area contributed by atoms with Crippen LogP contribution in [0.4, 0.5) is 35.1 Å². The van der Waals surface area contributed by atoms with Gasteiger partial charge in [0.2, 0.25) is 0 Å². The highest BCUT2D eigenvalue weighted by molar-refractivity contribution is 8.19. The molecule has 11 heteroatoms. The Morgan fingerprint density at radius 2 is 1.38 bits per heavy atom. The molecule has 94 valence electrons. The molecule has 0 fully saturated rings. The van der Waals surface area contributed by atoms with Gasteiger partial charge in [0.05, 0.1) is 0 Å². The van der Waals surface area contributed by atoms with Crippen molar-refractivity contribution in [2.75, 3.05) is 0 Å². The van der Waals surface area contributed by atoms with Crippen molar-refractivity contribution < 1.29 is 35.1 Å². The van der Waals surface area contributed by atoms with Crippen molar-refractivity contribution in [3.8, 4) is 5.40 Å². The summed E-state index contributed by atoms with van der Waals surface area (Å²) in [5.74, 6) is 0. The summed E-state index contributed by atoms with van der Waals surface area (Å²) in [5.41, 5.74) is 0. The number of nitriles is 1. The zero-order chi connectivity index (χ0) is 13.2. The molecule has 0 bridgehead atoms. The molecule has 0 saturated carbocycles. The minimum Gasteiger partial charge on any atom is -0.185 e. The van der Waals surface area contributed by atoms with E-state index in [0.717, 1.165) is 5.40 Å². The highest BCUT2D eigenvalue weighted by atomic mass is 32.2. The Bertz CT molecular complexity index is 276. The summed E-state index contributed by atoms with van der Waals surface area (Å²) in [6.07, 6.45) is -11.4. The average molecular weight is 291 g/mol. The topological polar surface area (TPSA) is 23.8 Å². The Kier molecular flexibility index (Phi) is 4.75. The Balaban J connectivity index is 4.85. The number of halogens is 8. The van der Waals surface area contributed by atoms with Crippen molar-refractivity contribution in [3.63, 3.8) is 0 Å². The SMILES string of the molecule is N#CSC(SC(F)(F)C(F)(F)F)C(F)(F)F. The van der Waals surface area contributed by atoms with Gasteiger partial charge in [-0.05, 0) is 11.8 Å². The van der Waals surface area contributed by atoms with Gasteiger partial charge in [0, 0.05) is 0 Å². The van der Waals surface area contributed by atoms with Gasteiger partial charge in [-0.2, -0.15) is 40.4 Å². The Morgan fingerprint density at radius 1 is 0.938 bits per heavy atom. The van der Waals surface area contributed by atoms with Crippen molar-refractivity contribution >= 4 is 23.5 Å². The number of nitrogens with zero attached hydrogens (tertiary/aromatic N) is 1. The van der Waals surface area contributed by atoms with Gasteiger partial charge in [0.15, 0.2) is 4.58 Å². The molecule has 0 aliphatic heterocycles. The molecule has 0 saturated heterocycles. The van der Waals surface area contributed by atoms with E-state index in [2.05, 4.69) is 0 Å². The third-order valence-electron chi connectivity index (χ3n) is 1.01. The predicted octanol–water partition coefficient (Wildman–Crippen LogP) is 3.98. The summed E-state index contributed by atoms with van der Waals surface area (Å²) >= 11 is -2.37. The first-order chi connectivity index (χ1) is 6.92. The van der Waals surface area contributed by atoms with Crippen LogP contribution in [0.1, 0.15) is 0 Å². The molecule has 16 heavy (non-hydrogen) atoms. The van der Waals surface area contributed by atoms with Gasteiger partial charge in [-0.1, -0.05) is 11.8 Å². The van der Waals surface area contributed by atoms with Crippen LogP contribution in [0.2, 0.25) is 0 Å². The average Bonchev–Trinajstić information content (AvgIpc) is 1.99. The van der Waals surface area contributed by atoms with Crippen molar-refractivity contribution in [3.05, 3.63) is 0 Å². The third-order valence-corrected chi connectivity index (χ3v) is 3.18. The normalized spacial score (nSPS) is 15.7. The van der Waals surface area contributed by atoms with Gasteiger partial charge >= 0.3 is 17.6 Å². The second kappa shape index (κ2) is 4.87. The maximum Gasteiger partial charge on any atom is 0.464 e. The molecule has 1 unspecified atom stereocenters. The van der Waals surface area contributed by atoms with Gasteiger partial charge in [0.25, 0.3) is 0 Å². The van der Waals surface area contributed by atoms with Gasteiger partial charge in [-0.15, -0.1) is 0 Å². The van der Waals surface area contributed by atoms with E-state index in [0.29, 0.717) is 0 Å². The fourth-order valence-electron chi connectivity index (χ4n) is 0.407. The molecular weight excluding hydrogens is 290 g/mol. The van der Waals surface area contributed by atoms with Crippen molar-refractivity contribution in [1.82, 2.24) is 0 Å². The van der Waals surface area contributed by atoms with E-state index < -0.39 is 45.7 Å². The van der Waals surface area contributed by atoms with Crippen LogP contribution in [0.5, 0.6) is 0 Å². The van der Waals surface area contributed by atoms with Gasteiger partial charge in [-0.25, -0.2) is 0 Å². The molecule has 0 aromatic carbocycles. The smallest absolute Gasteiger partial charge is 0.185 e. The summed E-state index contributed by atoms with van der Waals surface area (Å²) in [6.45, 7) is 0. The molecule has 1 atom stereocenters. The van der Waals surface area contributed by atoms with Gasteiger partial charge in [-0.3, -0.25) is 0 Å². The van der Waals surface area contributed by atoms with Crippen LogP contribution < -0.4 is 0 Å². The van der Waals surface area contributed by atoms with E-state index in [4.69, 9.17) is 5.26 Å². The van der Waals surface area contributed by atoms with Crippen LogP contribution in [0.25, 0.3) is 0 Å². The Labute approximate surface area is 92.2 Å². The first-order valence-electron chi connectivity index (χ1n) is 3.15. The Hall–Kier alpha value is -0.370. The number of thiocyanates is 1. The third kappa shape index (κ3) is 4.25. The van der Waals surface area contributed by atoms with Gasteiger partial charge in [0.1, 0.15) is 5.40 Å². The number of alkyl halides is 8. The number of thioether (sulfide) groups is 2. The van der Waals surface area contributed by atoms with Crippen molar-refractivity contribution in [1.29, 1.82) is 5.26 Å². The molecular formula is C5HF8NS2. The second-order valence-corrected chi connectivity index (χ2v) is 4.62. The van der Waals surface area contributed by atoms with Crippen LogP contribution in [-0.2, 0) is 0 Å². The summed E-state index contributed by atoms with van der Waals surface area (Å²) in [7, 11) is 0. The molecule has 0 heterocycles. The van der Waals surface area contributed by atoms with Crippen LogP contribution in [0.3, 0.4) is 0 Å². The minimum absolute atomic E-state index is 0.710. The molecule has 0 aliphatic rings. The molecule has 0 aliphatic carbocycles. The van der Waals surface area contributed by atoms with E-state index in [1.165, 1.54) is 0 Å². The van der Waals surface area contributed by atoms with Crippen LogP contribution in [0.15, 0.2) is 0 Å². The van der Waals surface area contributed by atoms with Crippen molar-refractivity contribution in [2.45, 2.75) is 22.2 Å². The van der Waals surface area contributed by atoms with E-state index in [-0.39, 0.29) is 0 Å². The summed E-state index contributed by atoms with van der Waals surface area (Å²) < 4.78 is 91.9. The maximum atomic E-state index is 12.2. The second-order valence-electron chi connectivity index (χ2n) is 2.22. The number of rotatable bonds is 3. The maximum absolute atomic E-state index is 12.2. The fraction of sp³-hybridized carbons (Fsp3) is 0.800. The lowest BCUT2D eigenvalue weighted by Gasteiger charge is -2.23. The molecule has 0 aromatic heterocycles. The van der Waals surface area contributed by atoms with E-state index in [9.17, 15) is 35.1 Å². The van der Waals surface area contributed by atoms with E-state index in [1.54, 1.807) is 0 Å². The zero-order valence-corrected chi connectivity index (χ0v) is 8.50. The van der Waals surface area contributed by atoms with Gasteiger partial charge < -0.3 is 0 Å². The lowest BCUT2D eigenvalue weighted by molar-refractivity contribution is -0.238. The highest BCUT2D eigenvalue weighted by Crippen LogP contribution is 2.51. The van der Waals surface area contributed by atoms with E-state index >= 15 is 0 Å². The lowest BCUT2D eigenvalue weighted by atomic mass is 10.7. The summed E-state index contributed by atoms with van der Waals surface area (Å²) in [4.78, 5) is 0. The molecule has 0 radical (unpaired) electrons. The molecule has 0 rings (SSSR count). The standard InChI is InChI=1S/C5HF8NS2/c6-3(7,8)2(15-1-14)16-5(12,13)4(9,10)11/h2H. The van der Waals surface area contributed by atoms with Crippen molar-refractivity contribution in [2.24, 2.45) is 0 Å². The molecule has 0 N–H and O–H groups in total. The molecule has 1 nitrogen and oxygen atoms in total. The largest absolute Gasteiger partial charge is 0.464 e. The first kappa shape index (κ1) is 15.6. The quantitative estimate of drug-likeness (QED) is 0.446. The monoisotopic (exact) mass is 291 g/mol. The zero-order valence-electron chi connectivity index (χ0n) is 6.86. The van der Waals surface area contributed by atoms with E-state index in [1.807, 2.05) is 0 Å². The number of hydrogen-bond acceptors (Lipinski definition) is 3.